The van der Waals surface area contributed by atoms with Crippen LogP contribution in [0.1, 0.15) is 232 Å². The predicted molar refractivity (Wildman–Crippen MR) is 304 cm³/mol. The minimum atomic E-state index is -1.79. The molecular formula is C62H111NO13. The smallest absolute Gasteiger partial charge is 0.220 e. The Morgan fingerprint density at radius 1 is 0.474 bits per heavy atom. The van der Waals surface area contributed by atoms with Gasteiger partial charge >= 0.3 is 0 Å². The van der Waals surface area contributed by atoms with Crippen molar-refractivity contribution in [2.24, 2.45) is 0 Å². The summed E-state index contributed by atoms with van der Waals surface area (Å²) in [4.78, 5) is 13.3. The third kappa shape index (κ3) is 32.7. The summed E-state index contributed by atoms with van der Waals surface area (Å²) in [6.07, 6.45) is 44.0. The van der Waals surface area contributed by atoms with Crippen LogP contribution in [-0.4, -0.2) is 140 Å². The van der Waals surface area contributed by atoms with Gasteiger partial charge in [0.25, 0.3) is 0 Å². The van der Waals surface area contributed by atoms with Gasteiger partial charge in [-0.05, 0) is 70.6 Å². The van der Waals surface area contributed by atoms with Crippen molar-refractivity contribution in [2.75, 3.05) is 19.8 Å². The van der Waals surface area contributed by atoms with Crippen molar-refractivity contribution in [1.29, 1.82) is 0 Å². The molecule has 0 aromatic carbocycles. The lowest BCUT2D eigenvalue weighted by Crippen LogP contribution is -2.65. The number of amides is 1. The molecule has 2 fully saturated rings. The summed E-state index contributed by atoms with van der Waals surface area (Å²) in [5.74, 6) is -0.262. The average Bonchev–Trinajstić information content (AvgIpc) is 3.42. The molecule has 0 saturated carbocycles. The molecule has 0 radical (unpaired) electrons. The molecule has 0 aromatic rings. The number of nitrogens with one attached hydrogen (secondary N) is 1. The van der Waals surface area contributed by atoms with Crippen LogP contribution in [0.5, 0.6) is 0 Å². The van der Waals surface area contributed by atoms with Crippen molar-refractivity contribution < 1.29 is 64.6 Å². The van der Waals surface area contributed by atoms with Crippen molar-refractivity contribution in [2.45, 2.75) is 306 Å². The van der Waals surface area contributed by atoms with Crippen molar-refractivity contribution >= 4 is 5.91 Å². The first-order valence-corrected chi connectivity index (χ1v) is 30.5. The van der Waals surface area contributed by atoms with E-state index in [0.29, 0.717) is 12.8 Å². The molecule has 442 valence electrons. The van der Waals surface area contributed by atoms with Gasteiger partial charge in [-0.1, -0.05) is 216 Å². The Kier molecular flexibility index (Phi) is 43.6. The second-order valence-electron chi connectivity index (χ2n) is 21.5. The Bertz CT molecular complexity index is 1510. The molecule has 1 amide bonds. The topological polar surface area (TPSA) is 228 Å². The fourth-order valence-electron chi connectivity index (χ4n) is 9.73. The molecule has 12 unspecified atom stereocenters. The lowest BCUT2D eigenvalue weighted by molar-refractivity contribution is -0.359. The van der Waals surface area contributed by atoms with Crippen LogP contribution in [0.15, 0.2) is 60.8 Å². The van der Waals surface area contributed by atoms with Crippen LogP contribution >= 0.6 is 0 Å². The largest absolute Gasteiger partial charge is 0.394 e. The number of unbranched alkanes of at least 4 members (excludes halogenated alkanes) is 27. The summed E-state index contributed by atoms with van der Waals surface area (Å²) in [6.45, 7) is 2.75. The van der Waals surface area contributed by atoms with Gasteiger partial charge in [0, 0.05) is 6.42 Å². The first-order chi connectivity index (χ1) is 37.1. The molecule has 9 N–H and O–H groups in total. The normalized spacial score (nSPS) is 25.3. The number of allylic oxidation sites excluding steroid dienone is 9. The number of hydrogen-bond donors (Lipinski definition) is 9. The molecule has 14 heteroatoms. The van der Waals surface area contributed by atoms with E-state index in [1.807, 2.05) is 6.08 Å². The molecule has 2 rings (SSSR count). The van der Waals surface area contributed by atoms with Crippen molar-refractivity contribution in [3.63, 3.8) is 0 Å². The van der Waals surface area contributed by atoms with Gasteiger partial charge in [0.2, 0.25) is 5.91 Å². The number of aliphatic hydroxyl groups is 8. The highest BCUT2D eigenvalue weighted by atomic mass is 16.7. The van der Waals surface area contributed by atoms with Crippen LogP contribution in [0.2, 0.25) is 0 Å². The van der Waals surface area contributed by atoms with Crippen LogP contribution in [0.4, 0.5) is 0 Å². The molecule has 0 spiro atoms. The zero-order chi connectivity index (χ0) is 55.3. The van der Waals surface area contributed by atoms with Crippen LogP contribution in [0, 0.1) is 0 Å². The molecule has 2 heterocycles. The highest BCUT2D eigenvalue weighted by Gasteiger charge is 2.51. The van der Waals surface area contributed by atoms with Gasteiger partial charge in [-0.25, -0.2) is 0 Å². The summed E-state index contributed by atoms with van der Waals surface area (Å²) >= 11 is 0. The van der Waals surface area contributed by atoms with Crippen LogP contribution in [-0.2, 0) is 23.7 Å². The van der Waals surface area contributed by atoms with Crippen molar-refractivity contribution in [1.82, 2.24) is 5.32 Å². The Morgan fingerprint density at radius 3 is 1.41 bits per heavy atom. The summed E-state index contributed by atoms with van der Waals surface area (Å²) in [6, 6.07) is -0.941. The Labute approximate surface area is 460 Å². The Morgan fingerprint density at radius 2 is 0.882 bits per heavy atom. The molecule has 0 bridgehead atoms. The van der Waals surface area contributed by atoms with Crippen LogP contribution in [0.25, 0.3) is 0 Å². The monoisotopic (exact) mass is 1080 g/mol. The summed E-state index contributed by atoms with van der Waals surface area (Å²) in [7, 11) is 0. The van der Waals surface area contributed by atoms with E-state index < -0.39 is 86.8 Å². The molecule has 0 aromatic heterocycles. The molecular weight excluding hydrogens is 967 g/mol. The number of ether oxygens (including phenoxy) is 4. The van der Waals surface area contributed by atoms with E-state index in [9.17, 15) is 45.6 Å². The molecule has 2 aliphatic rings. The molecule has 76 heavy (non-hydrogen) atoms. The van der Waals surface area contributed by atoms with E-state index in [2.05, 4.69) is 67.8 Å². The number of carbonyl (C=O) groups excluding carboxylic acids is 1. The minimum Gasteiger partial charge on any atom is -0.394 e. The van der Waals surface area contributed by atoms with Crippen LogP contribution < -0.4 is 5.32 Å². The number of carbonyl (C=O) groups is 1. The maximum Gasteiger partial charge on any atom is 0.220 e. The first-order valence-electron chi connectivity index (χ1n) is 30.5. The van der Waals surface area contributed by atoms with Gasteiger partial charge < -0.3 is 65.1 Å². The quantitative estimate of drug-likeness (QED) is 0.0204. The number of aliphatic hydroxyl groups excluding tert-OH is 8. The second-order valence-corrected chi connectivity index (χ2v) is 21.5. The highest BCUT2D eigenvalue weighted by molar-refractivity contribution is 5.76. The van der Waals surface area contributed by atoms with E-state index >= 15 is 0 Å². The van der Waals surface area contributed by atoms with Gasteiger partial charge in [-0.2, -0.15) is 0 Å². The fraction of sp³-hybridized carbons (Fsp3) is 0.823. The van der Waals surface area contributed by atoms with Gasteiger partial charge in [0.15, 0.2) is 12.6 Å². The summed E-state index contributed by atoms with van der Waals surface area (Å²) in [5, 5.41) is 87.1. The van der Waals surface area contributed by atoms with Crippen LogP contribution in [0.3, 0.4) is 0 Å². The molecule has 12 atom stereocenters. The molecule has 14 nitrogen and oxygen atoms in total. The molecule has 2 aliphatic heterocycles. The van der Waals surface area contributed by atoms with E-state index in [4.69, 9.17) is 18.9 Å². The zero-order valence-corrected chi connectivity index (χ0v) is 47.5. The van der Waals surface area contributed by atoms with Crippen molar-refractivity contribution in [3.8, 4) is 0 Å². The van der Waals surface area contributed by atoms with E-state index in [-0.39, 0.29) is 18.9 Å². The standard InChI is InChI=1S/C62H111NO13/c1-3-5-7-9-11-13-15-17-19-21-23-24-25-26-28-29-31-33-35-37-39-41-43-45-51(66)50(63-54(67)46-44-42-40-38-36-34-32-30-27-22-20-18-16-14-12-10-8-6-4-2)49-73-61-59(72)57(70)60(53(48-65)75-61)76-62-58(71)56(69)55(68)52(47-64)74-62/h12,14,18,20,27,30,35,37,43,45,50-53,55-62,64-66,68-72H,3-11,13,15-17,19,21-26,28-29,31-34,36,38-42,44,46-49H2,1-2H3,(H,63,67)/b14-12-,20-18-,30-27-,37-35+,45-43+. The van der Waals surface area contributed by atoms with Gasteiger partial charge in [-0.3, -0.25) is 4.79 Å². The van der Waals surface area contributed by atoms with Gasteiger partial charge in [0.1, 0.15) is 48.8 Å². The molecule has 2 saturated heterocycles. The maximum atomic E-state index is 13.3. The average molecular weight is 1080 g/mol. The highest BCUT2D eigenvalue weighted by Crippen LogP contribution is 2.30. The number of rotatable bonds is 48. The zero-order valence-electron chi connectivity index (χ0n) is 47.5. The predicted octanol–water partition coefficient (Wildman–Crippen LogP) is 10.6. The van der Waals surface area contributed by atoms with E-state index in [0.717, 1.165) is 64.2 Å². The SMILES string of the molecule is CCCCC/C=C\C/C=C\C/C=C\CCCCCCCCC(=O)NC(COC1OC(CO)C(OC2OC(CO)C(O)C(O)C2O)C(O)C1O)C(O)/C=C/CC/C=C/CCCCCCCCCCCCCCCCCCC. The van der Waals surface area contributed by atoms with Crippen molar-refractivity contribution in [3.05, 3.63) is 60.8 Å². The van der Waals surface area contributed by atoms with E-state index in [1.165, 1.54) is 135 Å². The van der Waals surface area contributed by atoms with E-state index in [1.54, 1.807) is 6.08 Å². The third-order valence-corrected chi connectivity index (χ3v) is 14.7. The fourth-order valence-corrected chi connectivity index (χ4v) is 9.73. The van der Waals surface area contributed by atoms with Gasteiger partial charge in [-0.15, -0.1) is 0 Å². The Balaban J connectivity index is 1.79. The first kappa shape index (κ1) is 69.8. The minimum absolute atomic E-state index is 0.257. The maximum absolute atomic E-state index is 13.3. The Hall–Kier alpha value is -2.31. The number of hydrogen-bond acceptors (Lipinski definition) is 13. The lowest BCUT2D eigenvalue weighted by Gasteiger charge is -2.46. The third-order valence-electron chi connectivity index (χ3n) is 14.7. The summed E-state index contributed by atoms with van der Waals surface area (Å²) < 4.78 is 22.8. The summed E-state index contributed by atoms with van der Waals surface area (Å²) in [5.41, 5.74) is 0. The van der Waals surface area contributed by atoms with Gasteiger partial charge in [0.05, 0.1) is 32.0 Å². The molecule has 0 aliphatic carbocycles. The lowest BCUT2D eigenvalue weighted by atomic mass is 9.97. The second kappa shape index (κ2) is 47.5.